The summed E-state index contributed by atoms with van der Waals surface area (Å²) in [6.45, 7) is 1.26. The van der Waals surface area contributed by atoms with Crippen LogP contribution in [0.15, 0.2) is 26.5 Å². The monoisotopic (exact) mass is 446 g/mol. The molecule has 3 aromatic heterocycles. The lowest BCUT2D eigenvalue weighted by molar-refractivity contribution is 0.0563. The fraction of sp³-hybridized carbons (Fsp3) is 0.476. The standard InChI is InChI=1S/C21H22N2O5S2/c1-26-20(25)15-8-7-13(28-15)11-29-21-22-18-17(14-5-2-6-16(14)30-18)19(24)23(21)10-12-4-3-9-27-12/h7-8,12H,2-6,9-11H2,1H3. The second kappa shape index (κ2) is 8.20. The Hall–Kier alpha value is -2.10. The molecule has 1 aliphatic carbocycles. The first-order chi connectivity index (χ1) is 14.6. The van der Waals surface area contributed by atoms with E-state index >= 15 is 0 Å². The lowest BCUT2D eigenvalue weighted by Gasteiger charge is -2.15. The van der Waals surface area contributed by atoms with Crippen molar-refractivity contribution in [1.82, 2.24) is 9.55 Å². The zero-order valence-electron chi connectivity index (χ0n) is 16.6. The van der Waals surface area contributed by atoms with E-state index < -0.39 is 5.97 Å². The predicted octanol–water partition coefficient (Wildman–Crippen LogP) is 3.80. The van der Waals surface area contributed by atoms with Crippen molar-refractivity contribution in [3.8, 4) is 0 Å². The second-order valence-corrected chi connectivity index (χ2v) is 9.55. The number of furan rings is 1. The number of aryl methyl sites for hydroxylation is 2. The van der Waals surface area contributed by atoms with Crippen molar-refractivity contribution < 1.29 is 18.7 Å². The maximum Gasteiger partial charge on any atom is 0.373 e. The van der Waals surface area contributed by atoms with Gasteiger partial charge in [-0.3, -0.25) is 9.36 Å². The molecule has 9 heteroatoms. The van der Waals surface area contributed by atoms with Crippen LogP contribution in [0, 0.1) is 0 Å². The number of hydrogen-bond acceptors (Lipinski definition) is 8. The highest BCUT2D eigenvalue weighted by molar-refractivity contribution is 7.98. The predicted molar refractivity (Wildman–Crippen MR) is 114 cm³/mol. The molecular weight excluding hydrogens is 424 g/mol. The first kappa shape index (κ1) is 19.8. The maximum atomic E-state index is 13.5. The van der Waals surface area contributed by atoms with Gasteiger partial charge in [-0.1, -0.05) is 11.8 Å². The molecule has 1 fully saturated rings. The summed E-state index contributed by atoms with van der Waals surface area (Å²) in [6.07, 6.45) is 5.13. The molecule has 0 amide bonds. The normalized spacial score (nSPS) is 18.2. The number of ether oxygens (including phenoxy) is 2. The zero-order chi connectivity index (χ0) is 20.7. The molecule has 1 atom stereocenters. The number of thiophene rings is 1. The van der Waals surface area contributed by atoms with Crippen LogP contribution < -0.4 is 5.56 Å². The summed E-state index contributed by atoms with van der Waals surface area (Å²) in [5, 5.41) is 1.46. The molecule has 0 spiro atoms. The molecule has 158 valence electrons. The number of thioether (sulfide) groups is 1. The van der Waals surface area contributed by atoms with Crippen LogP contribution in [0.4, 0.5) is 0 Å². The fourth-order valence-corrected chi connectivity index (χ4v) is 6.33. The van der Waals surface area contributed by atoms with Crippen molar-refractivity contribution in [1.29, 1.82) is 0 Å². The number of esters is 1. The highest BCUT2D eigenvalue weighted by atomic mass is 32.2. The third-order valence-corrected chi connectivity index (χ3v) is 7.78. The van der Waals surface area contributed by atoms with Crippen LogP contribution in [0.2, 0.25) is 0 Å². The summed E-state index contributed by atoms with van der Waals surface area (Å²) in [4.78, 5) is 32.1. The molecule has 0 aromatic carbocycles. The van der Waals surface area contributed by atoms with Crippen molar-refractivity contribution in [3.63, 3.8) is 0 Å². The van der Waals surface area contributed by atoms with Gasteiger partial charge in [-0.2, -0.15) is 0 Å². The van der Waals surface area contributed by atoms with E-state index in [-0.39, 0.29) is 17.4 Å². The first-order valence-corrected chi connectivity index (χ1v) is 11.9. The Labute approximate surface area is 181 Å². The molecule has 4 heterocycles. The lowest BCUT2D eigenvalue weighted by atomic mass is 10.2. The summed E-state index contributed by atoms with van der Waals surface area (Å²) in [5.41, 5.74) is 1.23. The second-order valence-electron chi connectivity index (χ2n) is 7.53. The molecule has 1 aliphatic heterocycles. The minimum Gasteiger partial charge on any atom is -0.463 e. The Morgan fingerprint density at radius 3 is 3.07 bits per heavy atom. The molecule has 0 saturated carbocycles. The third kappa shape index (κ3) is 3.59. The van der Waals surface area contributed by atoms with E-state index in [9.17, 15) is 9.59 Å². The average molecular weight is 447 g/mol. The van der Waals surface area contributed by atoms with E-state index in [4.69, 9.17) is 14.1 Å². The van der Waals surface area contributed by atoms with Crippen molar-refractivity contribution in [2.24, 2.45) is 0 Å². The van der Waals surface area contributed by atoms with E-state index in [0.29, 0.717) is 23.2 Å². The van der Waals surface area contributed by atoms with Gasteiger partial charge in [-0.25, -0.2) is 9.78 Å². The Morgan fingerprint density at radius 1 is 1.37 bits per heavy atom. The van der Waals surface area contributed by atoms with Gasteiger partial charge in [0.1, 0.15) is 10.6 Å². The van der Waals surface area contributed by atoms with Crippen LogP contribution in [0.25, 0.3) is 10.2 Å². The van der Waals surface area contributed by atoms with Gasteiger partial charge in [-0.05, 0) is 49.8 Å². The number of nitrogens with zero attached hydrogens (tertiary/aromatic N) is 2. The van der Waals surface area contributed by atoms with Gasteiger partial charge in [0.15, 0.2) is 5.16 Å². The van der Waals surface area contributed by atoms with Crippen LogP contribution in [-0.2, 0) is 34.6 Å². The maximum absolute atomic E-state index is 13.5. The summed E-state index contributed by atoms with van der Waals surface area (Å²) < 4.78 is 17.8. The molecule has 0 bridgehead atoms. The summed E-state index contributed by atoms with van der Waals surface area (Å²) in [5.74, 6) is 0.759. The molecule has 0 radical (unpaired) electrons. The zero-order valence-corrected chi connectivity index (χ0v) is 18.3. The number of fused-ring (bicyclic) bond motifs is 3. The van der Waals surface area contributed by atoms with Gasteiger partial charge < -0.3 is 13.9 Å². The molecule has 5 rings (SSSR count). The average Bonchev–Trinajstić information content (AvgIpc) is 3.52. The van der Waals surface area contributed by atoms with Gasteiger partial charge in [0.2, 0.25) is 5.76 Å². The van der Waals surface area contributed by atoms with Crippen molar-refractivity contribution in [3.05, 3.63) is 44.4 Å². The molecular formula is C21H22N2O5S2. The Kier molecular flexibility index (Phi) is 5.43. The van der Waals surface area contributed by atoms with Gasteiger partial charge in [0.05, 0.1) is 30.9 Å². The number of methoxy groups -OCH3 is 1. The largest absolute Gasteiger partial charge is 0.463 e. The molecule has 2 aliphatic rings. The number of aromatic nitrogens is 2. The van der Waals surface area contributed by atoms with Gasteiger partial charge in [0.25, 0.3) is 5.56 Å². The number of hydrogen-bond donors (Lipinski definition) is 0. The van der Waals surface area contributed by atoms with Crippen LogP contribution in [-0.4, -0.2) is 35.3 Å². The van der Waals surface area contributed by atoms with Crippen LogP contribution >= 0.6 is 23.1 Å². The minimum atomic E-state index is -0.505. The lowest BCUT2D eigenvalue weighted by Crippen LogP contribution is -2.28. The summed E-state index contributed by atoms with van der Waals surface area (Å²) >= 11 is 3.09. The van der Waals surface area contributed by atoms with E-state index in [1.165, 1.54) is 29.3 Å². The molecule has 30 heavy (non-hydrogen) atoms. The number of carbonyl (C=O) groups is 1. The van der Waals surface area contributed by atoms with Crippen molar-refractivity contribution in [2.45, 2.75) is 55.7 Å². The Morgan fingerprint density at radius 2 is 2.27 bits per heavy atom. The third-order valence-electron chi connectivity index (χ3n) is 5.59. The van der Waals surface area contributed by atoms with E-state index in [1.807, 2.05) is 0 Å². The SMILES string of the molecule is COC(=O)c1ccc(CSc2nc3sc4c(c3c(=O)n2CC2CCCO2)CCC4)o1. The number of carbonyl (C=O) groups excluding carboxylic acids is 1. The molecule has 0 N–H and O–H groups in total. The van der Waals surface area contributed by atoms with E-state index in [1.54, 1.807) is 28.0 Å². The number of rotatable bonds is 6. The quantitative estimate of drug-likeness (QED) is 0.323. The summed E-state index contributed by atoms with van der Waals surface area (Å²) in [6, 6.07) is 3.35. The highest BCUT2D eigenvalue weighted by Gasteiger charge is 2.25. The summed E-state index contributed by atoms with van der Waals surface area (Å²) in [7, 11) is 1.32. The van der Waals surface area contributed by atoms with Crippen LogP contribution in [0.1, 0.15) is 46.0 Å². The molecule has 1 saturated heterocycles. The smallest absolute Gasteiger partial charge is 0.373 e. The minimum absolute atomic E-state index is 0.0343. The fourth-order valence-electron chi connectivity index (χ4n) is 4.12. The van der Waals surface area contributed by atoms with Crippen LogP contribution in [0.5, 0.6) is 0 Å². The van der Waals surface area contributed by atoms with Crippen molar-refractivity contribution >= 4 is 39.3 Å². The Bertz CT molecular complexity index is 1160. The first-order valence-electron chi connectivity index (χ1n) is 10.1. The van der Waals surface area contributed by atoms with Gasteiger partial charge >= 0.3 is 5.97 Å². The molecule has 3 aromatic rings. The Balaban J connectivity index is 1.48. The molecule has 1 unspecified atom stereocenters. The van der Waals surface area contributed by atoms with Crippen molar-refractivity contribution in [2.75, 3.05) is 13.7 Å². The van der Waals surface area contributed by atoms with E-state index in [2.05, 4.69) is 4.74 Å². The highest BCUT2D eigenvalue weighted by Crippen LogP contribution is 2.36. The topological polar surface area (TPSA) is 83.6 Å². The van der Waals surface area contributed by atoms with E-state index in [0.717, 1.165) is 48.9 Å². The van der Waals surface area contributed by atoms with Gasteiger partial charge in [-0.15, -0.1) is 11.3 Å². The van der Waals surface area contributed by atoms with Gasteiger partial charge in [0, 0.05) is 11.5 Å². The van der Waals surface area contributed by atoms with Crippen LogP contribution in [0.3, 0.4) is 0 Å². The molecule has 7 nitrogen and oxygen atoms in total.